The van der Waals surface area contributed by atoms with Gasteiger partial charge in [-0.3, -0.25) is 14.0 Å². The van der Waals surface area contributed by atoms with Crippen LogP contribution in [-0.2, 0) is 14.9 Å². The van der Waals surface area contributed by atoms with E-state index in [-0.39, 0.29) is 16.9 Å². The molecule has 2 aromatic heterocycles. The molecule has 3 aliphatic carbocycles. The fraction of sp³-hybridized carbons (Fsp3) is 0.438. The van der Waals surface area contributed by atoms with Gasteiger partial charge in [0, 0.05) is 17.2 Å². The average molecular weight is 381 g/mol. The second-order valence-corrected chi connectivity index (χ2v) is 7.53. The van der Waals surface area contributed by atoms with Gasteiger partial charge in [-0.1, -0.05) is 0 Å². The Bertz CT molecular complexity index is 917. The summed E-state index contributed by atoms with van der Waals surface area (Å²) in [4.78, 5) is 29.0. The summed E-state index contributed by atoms with van der Waals surface area (Å²) < 4.78 is 20.1. The van der Waals surface area contributed by atoms with Crippen LogP contribution in [0.15, 0.2) is 21.5 Å². The van der Waals surface area contributed by atoms with Crippen LogP contribution in [0, 0.1) is 18.2 Å². The van der Waals surface area contributed by atoms with E-state index in [0.717, 1.165) is 11.9 Å². The molecule has 3 fully saturated rings. The second-order valence-electron chi connectivity index (χ2n) is 6.67. The highest BCUT2D eigenvalue weighted by molar-refractivity contribution is 9.10. The highest BCUT2D eigenvalue weighted by Crippen LogP contribution is 2.73. The van der Waals surface area contributed by atoms with Crippen LogP contribution in [0.5, 0.6) is 0 Å². The minimum Gasteiger partial charge on any atom is -0.469 e. The molecule has 0 atom stereocenters. The molecule has 0 radical (unpaired) electrons. The highest BCUT2D eigenvalue weighted by atomic mass is 79.9. The number of carbonyl (C=O) groups excluding carboxylic acids is 1. The van der Waals surface area contributed by atoms with Crippen molar-refractivity contribution < 1.29 is 13.9 Å². The van der Waals surface area contributed by atoms with Crippen LogP contribution in [0.1, 0.15) is 30.5 Å². The molecule has 7 heteroatoms. The topological polar surface area (TPSA) is 60.7 Å². The molecule has 120 valence electrons. The summed E-state index contributed by atoms with van der Waals surface area (Å²) in [5, 5.41) is 0. The first-order chi connectivity index (χ1) is 10.8. The predicted octanol–water partition coefficient (Wildman–Crippen LogP) is 2.50. The van der Waals surface area contributed by atoms with E-state index in [4.69, 9.17) is 4.74 Å². The molecule has 23 heavy (non-hydrogen) atoms. The van der Waals surface area contributed by atoms with Crippen molar-refractivity contribution in [3.63, 3.8) is 0 Å². The lowest BCUT2D eigenvalue weighted by molar-refractivity contribution is -0.198. The number of pyridine rings is 1. The maximum absolute atomic E-state index is 13.5. The molecule has 0 saturated heterocycles. The van der Waals surface area contributed by atoms with Gasteiger partial charge in [0.2, 0.25) is 0 Å². The number of halogens is 2. The zero-order valence-electron chi connectivity index (χ0n) is 12.7. The van der Waals surface area contributed by atoms with Gasteiger partial charge in [0.15, 0.2) is 5.65 Å². The molecule has 5 rings (SSSR count). The van der Waals surface area contributed by atoms with Crippen molar-refractivity contribution in [1.82, 2.24) is 9.38 Å². The molecule has 0 aliphatic heterocycles. The molecule has 2 heterocycles. The summed E-state index contributed by atoms with van der Waals surface area (Å²) in [6.45, 7) is 1.71. The van der Waals surface area contributed by atoms with Crippen molar-refractivity contribution in [3.05, 3.63) is 44.2 Å². The number of fused-ring (bicyclic) bond motifs is 1. The van der Waals surface area contributed by atoms with Crippen LogP contribution in [0.3, 0.4) is 0 Å². The van der Waals surface area contributed by atoms with Gasteiger partial charge in [0.25, 0.3) is 5.56 Å². The zero-order chi connectivity index (χ0) is 16.6. The number of aromatic nitrogens is 2. The molecule has 5 nitrogen and oxygen atoms in total. The van der Waals surface area contributed by atoms with Gasteiger partial charge < -0.3 is 4.74 Å². The van der Waals surface area contributed by atoms with Crippen molar-refractivity contribution in [2.45, 2.75) is 31.6 Å². The van der Waals surface area contributed by atoms with Crippen molar-refractivity contribution >= 4 is 27.5 Å². The summed E-state index contributed by atoms with van der Waals surface area (Å²) in [5.74, 6) is -0.687. The standard InChI is InChI=1S/C16H14BrFN2O3/c1-8-11(15-5-16(6-15,7-15)14(22)23-2)19-12-10(17)3-9(18)4-20(12)13(8)21/h3-4H,5-7H2,1-2H3. The van der Waals surface area contributed by atoms with Crippen LogP contribution < -0.4 is 5.56 Å². The van der Waals surface area contributed by atoms with Crippen LogP contribution in [0.25, 0.3) is 5.65 Å². The Labute approximate surface area is 139 Å². The lowest BCUT2D eigenvalue weighted by atomic mass is 9.34. The number of hydrogen-bond acceptors (Lipinski definition) is 4. The summed E-state index contributed by atoms with van der Waals surface area (Å²) in [6, 6.07) is 1.29. The Morgan fingerprint density at radius 3 is 2.70 bits per heavy atom. The normalized spacial score (nSPS) is 28.2. The van der Waals surface area contributed by atoms with Gasteiger partial charge in [0.05, 0.1) is 22.7 Å². The maximum atomic E-state index is 13.5. The van der Waals surface area contributed by atoms with Gasteiger partial charge in [-0.25, -0.2) is 9.37 Å². The summed E-state index contributed by atoms with van der Waals surface area (Å²) in [7, 11) is 1.40. The molecule has 0 N–H and O–H groups in total. The molecule has 0 unspecified atom stereocenters. The van der Waals surface area contributed by atoms with Crippen LogP contribution in [0.2, 0.25) is 0 Å². The Morgan fingerprint density at radius 2 is 2.09 bits per heavy atom. The van der Waals surface area contributed by atoms with Gasteiger partial charge in [-0.2, -0.15) is 0 Å². The number of rotatable bonds is 2. The molecule has 2 bridgehead atoms. The van der Waals surface area contributed by atoms with Crippen molar-refractivity contribution in [3.8, 4) is 0 Å². The third kappa shape index (κ3) is 1.74. The first kappa shape index (κ1) is 14.8. The monoisotopic (exact) mass is 380 g/mol. The third-order valence-corrected chi connectivity index (χ3v) is 5.81. The molecule has 2 aromatic rings. The Kier molecular flexibility index (Phi) is 2.84. The lowest BCUT2D eigenvalue weighted by Crippen LogP contribution is -2.68. The van der Waals surface area contributed by atoms with Crippen molar-refractivity contribution in [2.75, 3.05) is 7.11 Å². The summed E-state index contributed by atoms with van der Waals surface area (Å²) in [6.07, 6.45) is 3.13. The van der Waals surface area contributed by atoms with Crippen LogP contribution in [0.4, 0.5) is 4.39 Å². The predicted molar refractivity (Wildman–Crippen MR) is 83.8 cm³/mol. The molecule has 0 amide bonds. The van der Waals surface area contributed by atoms with E-state index in [0.29, 0.717) is 34.9 Å². The highest BCUT2D eigenvalue weighted by Gasteiger charge is 2.73. The Morgan fingerprint density at radius 1 is 1.43 bits per heavy atom. The van der Waals surface area contributed by atoms with Gasteiger partial charge in [0.1, 0.15) is 5.82 Å². The second kappa shape index (κ2) is 4.41. The van der Waals surface area contributed by atoms with E-state index >= 15 is 0 Å². The Balaban J connectivity index is 1.84. The van der Waals surface area contributed by atoms with E-state index < -0.39 is 11.2 Å². The molecular formula is C16H14BrFN2O3. The largest absolute Gasteiger partial charge is 0.469 e. The molecule has 3 aliphatic rings. The molecule has 0 spiro atoms. The first-order valence-electron chi connectivity index (χ1n) is 7.29. The fourth-order valence-electron chi connectivity index (χ4n) is 4.24. The van der Waals surface area contributed by atoms with Gasteiger partial charge >= 0.3 is 5.97 Å². The summed E-state index contributed by atoms with van der Waals surface area (Å²) in [5.41, 5.74) is 0.739. The van der Waals surface area contributed by atoms with E-state index in [1.807, 2.05) is 0 Å². The smallest absolute Gasteiger partial charge is 0.311 e. The molecular weight excluding hydrogens is 367 g/mol. The van der Waals surface area contributed by atoms with Crippen LogP contribution >= 0.6 is 15.9 Å². The van der Waals surface area contributed by atoms with E-state index in [9.17, 15) is 14.0 Å². The number of ether oxygens (including phenoxy) is 1. The van der Waals surface area contributed by atoms with Gasteiger partial charge in [-0.15, -0.1) is 0 Å². The molecule has 0 aromatic carbocycles. The van der Waals surface area contributed by atoms with E-state index in [1.165, 1.54) is 17.6 Å². The Hall–Kier alpha value is -1.76. The number of carbonyl (C=O) groups is 1. The zero-order valence-corrected chi connectivity index (χ0v) is 14.2. The third-order valence-electron chi connectivity index (χ3n) is 5.22. The SMILES string of the molecule is COC(=O)C12CC(c3nc4c(Br)cc(F)cn4c(=O)c3C)(C1)C2. The van der Waals surface area contributed by atoms with Crippen molar-refractivity contribution in [1.29, 1.82) is 0 Å². The fourth-order valence-corrected chi connectivity index (χ4v) is 4.74. The quantitative estimate of drug-likeness (QED) is 0.751. The average Bonchev–Trinajstić information content (AvgIpc) is 2.42. The first-order valence-corrected chi connectivity index (χ1v) is 8.08. The number of nitrogens with zero attached hydrogens (tertiary/aromatic N) is 2. The van der Waals surface area contributed by atoms with E-state index in [2.05, 4.69) is 20.9 Å². The van der Waals surface area contributed by atoms with E-state index in [1.54, 1.807) is 6.92 Å². The van der Waals surface area contributed by atoms with Crippen molar-refractivity contribution in [2.24, 2.45) is 5.41 Å². The minimum atomic E-state index is -0.504. The molecule has 3 saturated carbocycles. The summed E-state index contributed by atoms with van der Waals surface area (Å²) >= 11 is 3.27. The number of hydrogen-bond donors (Lipinski definition) is 0. The maximum Gasteiger partial charge on any atom is 0.311 e. The number of esters is 1. The lowest BCUT2D eigenvalue weighted by Gasteiger charge is -2.68. The number of methoxy groups -OCH3 is 1. The minimum absolute atomic E-state index is 0.183. The van der Waals surface area contributed by atoms with Gasteiger partial charge in [-0.05, 0) is 48.2 Å². The van der Waals surface area contributed by atoms with Crippen LogP contribution in [-0.4, -0.2) is 22.5 Å².